The molecule has 0 N–H and O–H groups in total. The van der Waals surface area contributed by atoms with E-state index >= 15 is 0 Å². The summed E-state index contributed by atoms with van der Waals surface area (Å²) < 4.78 is 14.1. The quantitative estimate of drug-likeness (QED) is 0.569. The summed E-state index contributed by atoms with van der Waals surface area (Å²) in [6, 6.07) is 28.3. The SMILES string of the molecule is CC(C)(C)c1ccc(CP(=O)(c2ccccc2)c2ccccc2)cc1. The molecular formula is C23H25OP. The monoisotopic (exact) mass is 348 g/mol. The molecule has 1 nitrogen and oxygen atoms in total. The van der Waals surface area contributed by atoms with Crippen LogP contribution in [-0.4, -0.2) is 0 Å². The average molecular weight is 348 g/mol. The molecule has 3 rings (SSSR count). The third kappa shape index (κ3) is 3.94. The van der Waals surface area contributed by atoms with Gasteiger partial charge in [0.1, 0.15) is 7.14 Å². The Morgan fingerprint density at radius 2 is 1.12 bits per heavy atom. The number of rotatable bonds is 4. The van der Waals surface area contributed by atoms with Gasteiger partial charge in [-0.25, -0.2) is 0 Å². The Labute approximate surface area is 151 Å². The molecule has 0 aliphatic rings. The standard InChI is InChI=1S/C23H25OP/c1-23(2,3)20-16-14-19(15-17-20)18-25(24,21-10-6-4-7-11-21)22-12-8-5-9-13-22/h4-17H,18H2,1-3H3. The maximum absolute atomic E-state index is 14.1. The van der Waals surface area contributed by atoms with Crippen LogP contribution in [0.4, 0.5) is 0 Å². The van der Waals surface area contributed by atoms with Crippen LogP contribution in [-0.2, 0) is 16.1 Å². The third-order valence-electron chi connectivity index (χ3n) is 4.57. The Kier molecular flexibility index (Phi) is 4.97. The molecule has 3 aromatic rings. The van der Waals surface area contributed by atoms with Gasteiger partial charge in [0.25, 0.3) is 0 Å². The molecule has 0 amide bonds. The second-order valence-electron chi connectivity index (χ2n) is 7.52. The van der Waals surface area contributed by atoms with E-state index in [9.17, 15) is 4.57 Å². The van der Waals surface area contributed by atoms with E-state index < -0.39 is 7.14 Å². The zero-order valence-electron chi connectivity index (χ0n) is 15.1. The lowest BCUT2D eigenvalue weighted by Gasteiger charge is -2.22. The molecule has 0 spiro atoms. The zero-order chi connectivity index (χ0) is 17.9. The van der Waals surface area contributed by atoms with Crippen LogP contribution in [0.3, 0.4) is 0 Å². The molecule has 2 heteroatoms. The zero-order valence-corrected chi connectivity index (χ0v) is 16.0. The van der Waals surface area contributed by atoms with E-state index in [2.05, 4.69) is 45.0 Å². The van der Waals surface area contributed by atoms with Gasteiger partial charge in [-0.15, -0.1) is 0 Å². The molecule has 0 saturated carbocycles. The van der Waals surface area contributed by atoms with Gasteiger partial charge in [0.2, 0.25) is 0 Å². The van der Waals surface area contributed by atoms with Gasteiger partial charge in [-0.2, -0.15) is 0 Å². The molecule has 0 saturated heterocycles. The average Bonchev–Trinajstić information content (AvgIpc) is 2.63. The van der Waals surface area contributed by atoms with Crippen molar-refractivity contribution in [1.29, 1.82) is 0 Å². The predicted octanol–water partition coefficient (Wildman–Crippen LogP) is 5.50. The van der Waals surface area contributed by atoms with Crippen LogP contribution < -0.4 is 10.6 Å². The molecule has 0 bridgehead atoms. The first-order valence-electron chi connectivity index (χ1n) is 8.69. The van der Waals surface area contributed by atoms with Crippen molar-refractivity contribution in [2.24, 2.45) is 0 Å². The summed E-state index contributed by atoms with van der Waals surface area (Å²) in [5.41, 5.74) is 2.54. The first-order chi connectivity index (χ1) is 11.9. The largest absolute Gasteiger partial charge is 0.313 e. The van der Waals surface area contributed by atoms with Gasteiger partial charge >= 0.3 is 0 Å². The Hall–Kier alpha value is -2.11. The molecule has 0 aliphatic heterocycles. The van der Waals surface area contributed by atoms with E-state index in [1.165, 1.54) is 5.56 Å². The van der Waals surface area contributed by atoms with Gasteiger partial charge in [0.05, 0.1) is 0 Å². The fourth-order valence-corrected chi connectivity index (χ4v) is 5.73. The van der Waals surface area contributed by atoms with E-state index in [1.54, 1.807) is 0 Å². The van der Waals surface area contributed by atoms with Gasteiger partial charge in [-0.1, -0.05) is 106 Å². The van der Waals surface area contributed by atoms with Crippen LogP contribution in [0.2, 0.25) is 0 Å². The lowest BCUT2D eigenvalue weighted by Crippen LogP contribution is -2.17. The van der Waals surface area contributed by atoms with Crippen LogP contribution in [0, 0.1) is 0 Å². The molecule has 3 aromatic carbocycles. The maximum Gasteiger partial charge on any atom is 0.147 e. The van der Waals surface area contributed by atoms with Gasteiger partial charge < -0.3 is 4.57 Å². The van der Waals surface area contributed by atoms with Crippen molar-refractivity contribution >= 4 is 17.8 Å². The molecule has 0 aliphatic carbocycles. The summed E-state index contributed by atoms with van der Waals surface area (Å²) in [5, 5.41) is 1.84. The van der Waals surface area contributed by atoms with E-state index in [0.717, 1.165) is 16.2 Å². The third-order valence-corrected chi connectivity index (χ3v) is 7.65. The van der Waals surface area contributed by atoms with Gasteiger partial charge in [0, 0.05) is 16.8 Å². The van der Waals surface area contributed by atoms with Gasteiger partial charge in [0.15, 0.2) is 0 Å². The normalized spacial score (nSPS) is 12.1. The van der Waals surface area contributed by atoms with Crippen LogP contribution in [0.5, 0.6) is 0 Å². The minimum atomic E-state index is -2.70. The van der Waals surface area contributed by atoms with Crippen molar-refractivity contribution in [2.75, 3.05) is 0 Å². The van der Waals surface area contributed by atoms with E-state index in [0.29, 0.717) is 6.16 Å². The molecule has 0 atom stereocenters. The van der Waals surface area contributed by atoms with Gasteiger partial charge in [-0.3, -0.25) is 0 Å². The highest BCUT2D eigenvalue weighted by atomic mass is 31.2. The summed E-state index contributed by atoms with van der Waals surface area (Å²) in [6.45, 7) is 6.63. The molecule has 25 heavy (non-hydrogen) atoms. The summed E-state index contributed by atoms with van der Waals surface area (Å²) in [6.07, 6.45) is 0.547. The van der Waals surface area contributed by atoms with Crippen LogP contribution in [0.15, 0.2) is 84.9 Å². The molecule has 0 fully saturated rings. The topological polar surface area (TPSA) is 17.1 Å². The number of benzene rings is 3. The highest BCUT2D eigenvalue weighted by Crippen LogP contribution is 2.46. The molecular weight excluding hydrogens is 323 g/mol. The second-order valence-corrected chi connectivity index (χ2v) is 10.3. The first kappa shape index (κ1) is 17.7. The highest BCUT2D eigenvalue weighted by molar-refractivity contribution is 7.78. The lowest BCUT2D eigenvalue weighted by molar-refractivity contribution is 0.586. The number of hydrogen-bond acceptors (Lipinski definition) is 1. The Morgan fingerprint density at radius 3 is 1.52 bits per heavy atom. The fourth-order valence-electron chi connectivity index (χ4n) is 3.04. The Bertz CT molecular complexity index is 816. The number of hydrogen-bond donors (Lipinski definition) is 0. The fraction of sp³-hybridized carbons (Fsp3) is 0.217. The summed E-state index contributed by atoms with van der Waals surface area (Å²) in [5.74, 6) is 0. The Balaban J connectivity index is 2.01. The van der Waals surface area contributed by atoms with Gasteiger partial charge in [-0.05, 0) is 16.5 Å². The first-order valence-corrected chi connectivity index (χ1v) is 10.6. The molecule has 0 aromatic heterocycles. The molecule has 0 unspecified atom stereocenters. The predicted molar refractivity (Wildman–Crippen MR) is 109 cm³/mol. The van der Waals surface area contributed by atoms with Crippen LogP contribution in [0.25, 0.3) is 0 Å². The Morgan fingerprint density at radius 1 is 0.680 bits per heavy atom. The van der Waals surface area contributed by atoms with Crippen molar-refractivity contribution in [1.82, 2.24) is 0 Å². The minimum Gasteiger partial charge on any atom is -0.313 e. The van der Waals surface area contributed by atoms with Crippen molar-refractivity contribution < 1.29 is 4.57 Å². The van der Waals surface area contributed by atoms with Crippen molar-refractivity contribution in [3.8, 4) is 0 Å². The second kappa shape index (κ2) is 7.02. The van der Waals surface area contributed by atoms with E-state index in [4.69, 9.17) is 0 Å². The molecule has 0 radical (unpaired) electrons. The van der Waals surface area contributed by atoms with Crippen LogP contribution in [0.1, 0.15) is 31.9 Å². The van der Waals surface area contributed by atoms with Crippen LogP contribution >= 0.6 is 7.14 Å². The summed E-state index contributed by atoms with van der Waals surface area (Å²) >= 11 is 0. The molecule has 0 heterocycles. The summed E-state index contributed by atoms with van der Waals surface area (Å²) in [4.78, 5) is 0. The van der Waals surface area contributed by atoms with Crippen molar-refractivity contribution in [3.05, 3.63) is 96.1 Å². The van der Waals surface area contributed by atoms with Crippen molar-refractivity contribution in [2.45, 2.75) is 32.3 Å². The summed E-state index contributed by atoms with van der Waals surface area (Å²) in [7, 11) is -2.70. The molecule has 128 valence electrons. The lowest BCUT2D eigenvalue weighted by atomic mass is 9.87. The van der Waals surface area contributed by atoms with E-state index in [1.807, 2.05) is 60.7 Å². The highest BCUT2D eigenvalue weighted by Gasteiger charge is 2.27. The minimum absolute atomic E-state index is 0.126. The smallest absolute Gasteiger partial charge is 0.147 e. The van der Waals surface area contributed by atoms with Crippen molar-refractivity contribution in [3.63, 3.8) is 0 Å². The van der Waals surface area contributed by atoms with E-state index in [-0.39, 0.29) is 5.41 Å². The maximum atomic E-state index is 14.1.